The van der Waals surface area contributed by atoms with E-state index >= 15 is 0 Å². The third-order valence-corrected chi connectivity index (χ3v) is 1.96. The number of amides is 1. The number of rotatable bonds is 4. The van der Waals surface area contributed by atoms with Gasteiger partial charge in [0.05, 0.1) is 0 Å². The number of nitriles is 1. The molecular weight excluding hydrogens is 236 g/mol. The molecule has 1 aromatic carbocycles. The lowest BCUT2D eigenvalue weighted by molar-refractivity contribution is 0.101. The van der Waals surface area contributed by atoms with Gasteiger partial charge >= 0.3 is 0 Å². The van der Waals surface area contributed by atoms with E-state index in [0.29, 0.717) is 11.4 Å². The first kappa shape index (κ1) is 11.5. The molecule has 2 N–H and O–H groups in total. The number of ether oxygens (including phenoxy) is 1. The number of carbonyl (C=O) groups is 1. The molecule has 2 rings (SSSR count). The Morgan fingerprint density at radius 3 is 2.83 bits per heavy atom. The van der Waals surface area contributed by atoms with Crippen LogP contribution in [0.3, 0.4) is 0 Å². The Balaban J connectivity index is 1.98. The van der Waals surface area contributed by atoms with Gasteiger partial charge in [0.25, 0.3) is 11.7 Å². The van der Waals surface area contributed by atoms with Gasteiger partial charge < -0.3 is 10.1 Å². The molecule has 0 radical (unpaired) electrons. The average Bonchev–Trinajstić information content (AvgIpc) is 2.92. The minimum Gasteiger partial charge on any atom is -0.479 e. The summed E-state index contributed by atoms with van der Waals surface area (Å²) >= 11 is 0. The van der Waals surface area contributed by atoms with Crippen molar-refractivity contribution in [1.82, 2.24) is 20.6 Å². The largest absolute Gasteiger partial charge is 0.479 e. The molecule has 8 heteroatoms. The molecule has 2 aromatic rings. The van der Waals surface area contributed by atoms with Crippen molar-refractivity contribution < 1.29 is 9.53 Å². The number of aromatic nitrogens is 4. The van der Waals surface area contributed by atoms with E-state index in [1.807, 2.05) is 6.07 Å². The predicted octanol–water partition coefficient (Wildman–Crippen LogP) is 0.354. The van der Waals surface area contributed by atoms with Crippen molar-refractivity contribution >= 4 is 11.6 Å². The fourth-order valence-corrected chi connectivity index (χ4v) is 1.20. The van der Waals surface area contributed by atoms with Gasteiger partial charge in [-0.05, 0) is 29.5 Å². The maximum atomic E-state index is 11.6. The van der Waals surface area contributed by atoms with Gasteiger partial charge in [-0.15, -0.1) is 10.2 Å². The molecule has 0 fully saturated rings. The Morgan fingerprint density at radius 2 is 2.22 bits per heavy atom. The van der Waals surface area contributed by atoms with Gasteiger partial charge in [0.2, 0.25) is 0 Å². The number of nitrogens with one attached hydrogen (secondary N) is 2. The second-order valence-corrected chi connectivity index (χ2v) is 3.16. The molecule has 1 amide bonds. The third-order valence-electron chi connectivity index (χ3n) is 1.96. The number of H-pyrrole nitrogens is 1. The summed E-state index contributed by atoms with van der Waals surface area (Å²) in [6.07, 6.45) is 0. The normalized spacial score (nSPS) is 9.50. The SMILES string of the molecule is N#CCOc1ccc(NC(=O)c2nn[nH]n2)cc1. The summed E-state index contributed by atoms with van der Waals surface area (Å²) in [4.78, 5) is 11.6. The fourth-order valence-electron chi connectivity index (χ4n) is 1.20. The standard InChI is InChI=1S/C10H8N6O2/c11-5-6-18-8-3-1-7(2-4-8)12-10(17)9-13-15-16-14-9/h1-4H,6H2,(H,12,17)(H,13,14,15,16). The summed E-state index contributed by atoms with van der Waals surface area (Å²) in [7, 11) is 0. The van der Waals surface area contributed by atoms with Crippen molar-refractivity contribution in [2.24, 2.45) is 0 Å². The molecule has 18 heavy (non-hydrogen) atoms. The van der Waals surface area contributed by atoms with Crippen LogP contribution in [-0.4, -0.2) is 33.1 Å². The zero-order valence-corrected chi connectivity index (χ0v) is 9.12. The summed E-state index contributed by atoms with van der Waals surface area (Å²) < 4.78 is 5.07. The van der Waals surface area contributed by atoms with E-state index in [1.165, 1.54) is 0 Å². The molecular formula is C10H8N6O2. The van der Waals surface area contributed by atoms with Crippen molar-refractivity contribution in [2.75, 3.05) is 11.9 Å². The number of benzene rings is 1. The van der Waals surface area contributed by atoms with Gasteiger partial charge in [-0.3, -0.25) is 4.79 Å². The van der Waals surface area contributed by atoms with Crippen LogP contribution in [0, 0.1) is 11.3 Å². The maximum absolute atomic E-state index is 11.6. The van der Waals surface area contributed by atoms with Crippen molar-refractivity contribution in [1.29, 1.82) is 5.26 Å². The summed E-state index contributed by atoms with van der Waals surface area (Å²) in [6.45, 7) is -0.0193. The highest BCUT2D eigenvalue weighted by Crippen LogP contribution is 2.15. The van der Waals surface area contributed by atoms with Crippen LogP contribution in [0.1, 0.15) is 10.6 Å². The lowest BCUT2D eigenvalue weighted by Gasteiger charge is -2.04. The van der Waals surface area contributed by atoms with Crippen LogP contribution < -0.4 is 10.1 Å². The highest BCUT2D eigenvalue weighted by molar-refractivity contribution is 6.01. The van der Waals surface area contributed by atoms with E-state index in [0.717, 1.165) is 0 Å². The Bertz CT molecular complexity index is 557. The zero-order chi connectivity index (χ0) is 12.8. The van der Waals surface area contributed by atoms with Gasteiger partial charge in [-0.1, -0.05) is 0 Å². The van der Waals surface area contributed by atoms with Crippen LogP contribution in [0.5, 0.6) is 5.75 Å². The Hall–Kier alpha value is -2.95. The summed E-state index contributed by atoms with van der Waals surface area (Å²) in [6, 6.07) is 8.43. The van der Waals surface area contributed by atoms with Crippen LogP contribution in [-0.2, 0) is 0 Å². The van der Waals surface area contributed by atoms with Crippen LogP contribution in [0.15, 0.2) is 24.3 Å². The Morgan fingerprint density at radius 1 is 1.44 bits per heavy atom. The molecule has 90 valence electrons. The van der Waals surface area contributed by atoms with Gasteiger partial charge in [-0.2, -0.15) is 10.5 Å². The molecule has 0 spiro atoms. The second-order valence-electron chi connectivity index (χ2n) is 3.16. The van der Waals surface area contributed by atoms with Crippen LogP contribution in [0.2, 0.25) is 0 Å². The quantitative estimate of drug-likeness (QED) is 0.801. The minimum atomic E-state index is -0.463. The maximum Gasteiger partial charge on any atom is 0.297 e. The molecule has 0 aliphatic rings. The number of tetrazole rings is 1. The third kappa shape index (κ3) is 2.79. The highest BCUT2D eigenvalue weighted by Gasteiger charge is 2.10. The van der Waals surface area contributed by atoms with Gasteiger partial charge in [0.1, 0.15) is 11.8 Å². The van der Waals surface area contributed by atoms with Crippen molar-refractivity contribution in [3.63, 3.8) is 0 Å². The van der Waals surface area contributed by atoms with Crippen LogP contribution >= 0.6 is 0 Å². The van der Waals surface area contributed by atoms with Crippen molar-refractivity contribution in [3.05, 3.63) is 30.1 Å². The first-order valence-electron chi connectivity index (χ1n) is 4.94. The molecule has 0 bridgehead atoms. The monoisotopic (exact) mass is 244 g/mol. The average molecular weight is 244 g/mol. The number of carbonyl (C=O) groups excluding carboxylic acids is 1. The molecule has 1 aromatic heterocycles. The summed E-state index contributed by atoms with van der Waals surface area (Å²) in [5.74, 6) is 0.0448. The minimum absolute atomic E-state index is 0.0193. The van der Waals surface area contributed by atoms with Crippen LogP contribution in [0.25, 0.3) is 0 Å². The molecule has 0 unspecified atom stereocenters. The predicted molar refractivity (Wildman–Crippen MR) is 59.7 cm³/mol. The zero-order valence-electron chi connectivity index (χ0n) is 9.12. The number of hydrogen-bond donors (Lipinski definition) is 2. The van der Waals surface area contributed by atoms with Crippen molar-refractivity contribution in [2.45, 2.75) is 0 Å². The van der Waals surface area contributed by atoms with Gasteiger partial charge in [0, 0.05) is 5.69 Å². The number of anilines is 1. The molecule has 0 atom stereocenters. The molecule has 0 aliphatic carbocycles. The van der Waals surface area contributed by atoms with Crippen LogP contribution in [0.4, 0.5) is 5.69 Å². The van der Waals surface area contributed by atoms with E-state index in [9.17, 15) is 4.79 Å². The summed E-state index contributed by atoms with van der Waals surface area (Å²) in [5.41, 5.74) is 0.564. The second kappa shape index (κ2) is 5.40. The molecule has 0 saturated heterocycles. The smallest absolute Gasteiger partial charge is 0.297 e. The summed E-state index contributed by atoms with van der Waals surface area (Å²) in [5, 5.41) is 23.5. The van der Waals surface area contributed by atoms with Gasteiger partial charge in [-0.25, -0.2) is 0 Å². The number of hydrogen-bond acceptors (Lipinski definition) is 6. The molecule has 8 nitrogen and oxygen atoms in total. The lowest BCUT2D eigenvalue weighted by atomic mass is 10.3. The van der Waals surface area contributed by atoms with Crippen molar-refractivity contribution in [3.8, 4) is 11.8 Å². The van der Waals surface area contributed by atoms with Gasteiger partial charge in [0.15, 0.2) is 6.61 Å². The van der Waals surface area contributed by atoms with E-state index in [1.54, 1.807) is 24.3 Å². The van der Waals surface area contributed by atoms with E-state index in [2.05, 4.69) is 25.9 Å². The van der Waals surface area contributed by atoms with E-state index < -0.39 is 5.91 Å². The molecule has 0 aliphatic heterocycles. The molecule has 1 heterocycles. The number of nitrogens with zero attached hydrogens (tertiary/aromatic N) is 4. The first-order valence-corrected chi connectivity index (χ1v) is 4.94. The number of aromatic amines is 1. The highest BCUT2D eigenvalue weighted by atomic mass is 16.5. The van der Waals surface area contributed by atoms with E-state index in [-0.39, 0.29) is 12.4 Å². The topological polar surface area (TPSA) is 117 Å². The van der Waals surface area contributed by atoms with E-state index in [4.69, 9.17) is 10.00 Å². The fraction of sp³-hybridized carbons (Fsp3) is 0.100. The first-order chi connectivity index (χ1) is 8.79. The molecule has 0 saturated carbocycles. The Labute approximate surface area is 102 Å². The lowest BCUT2D eigenvalue weighted by Crippen LogP contribution is -2.13. The Kier molecular flexibility index (Phi) is 3.46.